The molecule has 0 aromatic rings. The Labute approximate surface area is 451 Å². The molecule has 0 amide bonds. The van der Waals surface area contributed by atoms with Gasteiger partial charge in [0.05, 0.1) is 0 Å². The van der Waals surface area contributed by atoms with Crippen LogP contribution in [0.3, 0.4) is 0 Å². The molecule has 0 heterocycles. The summed E-state index contributed by atoms with van der Waals surface area (Å²) in [6.07, 6.45) is 17.9. The second-order valence-corrected chi connectivity index (χ2v) is 4.89. The molecule has 0 nitrogen and oxygen atoms in total. The maximum atomic E-state index is 2.36. The van der Waals surface area contributed by atoms with Crippen LogP contribution in [0, 0.1) is 31.6 Å². The van der Waals surface area contributed by atoms with Crippen LogP contribution in [0.1, 0.15) is 81.0 Å². The van der Waals surface area contributed by atoms with E-state index in [4.69, 9.17) is 0 Å². The maximum absolute atomic E-state index is 2.36. The van der Waals surface area contributed by atoms with Gasteiger partial charge in [0.1, 0.15) is 0 Å². The molecule has 0 radical (unpaired) electrons. The normalized spacial score (nSPS) is 7.58. The third kappa shape index (κ3) is 70.1. The Bertz CT molecular complexity index is 126. The standard InChI is InChI=1S/C9H19.C8H15.7Rb.H/c1-4-5-6-7-8-9(2)3;1-3-5-7-8-6-4-2;;;;;;;;/h5,9H,4,6-8H2,1-3H3;3,6-7H,4-5,8H2,1-2H3;;;;;;;;/q-1;-3;;;5*+1;-1. The average Bonchev–Trinajstić information content (AvgIpc) is 2.43. The van der Waals surface area contributed by atoms with Gasteiger partial charge in [-0.3, -0.25) is 0 Å². The topological polar surface area (TPSA) is 0 Å². The van der Waals surface area contributed by atoms with E-state index in [1.54, 1.807) is 0 Å². The SMILES string of the molecule is CC[CH-]CCCC(C)C.C[CH-]C[CH-]C[CH-]CC.[H-].[Rb+].[Rb+].[Rb+].[Rb+].[Rb+].[Rb][Rb]. The van der Waals surface area contributed by atoms with Gasteiger partial charge in [-0.15, -0.1) is 0 Å². The Hall–Kier alpha value is 12.6. The van der Waals surface area contributed by atoms with Crippen molar-refractivity contribution in [3.8, 4) is 0 Å². The first-order chi connectivity index (χ1) is 9.18. The van der Waals surface area contributed by atoms with E-state index in [9.17, 15) is 0 Å². The summed E-state index contributed by atoms with van der Waals surface area (Å²) < 4.78 is 0. The first-order valence-corrected chi connectivity index (χ1v) is 42.4. The summed E-state index contributed by atoms with van der Waals surface area (Å²) in [7, 11) is 0. The molecule has 0 rings (SSSR count). The van der Waals surface area contributed by atoms with Crippen molar-refractivity contribution in [2.24, 2.45) is 5.92 Å². The van der Waals surface area contributed by atoms with Gasteiger partial charge < -0.3 is 40.0 Å². The van der Waals surface area contributed by atoms with E-state index in [-0.39, 0.29) is 292 Å². The summed E-state index contributed by atoms with van der Waals surface area (Å²) in [5, 5.41) is 0. The van der Waals surface area contributed by atoms with Crippen molar-refractivity contribution in [1.29, 1.82) is 0 Å². The summed E-state index contributed by atoms with van der Waals surface area (Å²) in [4.78, 5) is 0. The van der Waals surface area contributed by atoms with Crippen LogP contribution in [0.25, 0.3) is 0 Å². The number of hydrogen-bond donors (Lipinski definition) is 0. The average molecular weight is 838 g/mol. The van der Waals surface area contributed by atoms with Gasteiger partial charge in [-0.1, -0.05) is 40.5 Å². The van der Waals surface area contributed by atoms with Gasteiger partial charge in [-0.05, 0) is 5.92 Å². The molecule has 0 saturated heterocycles. The van der Waals surface area contributed by atoms with Crippen LogP contribution in [0.4, 0.5) is 0 Å². The van der Waals surface area contributed by atoms with Crippen LogP contribution in [-0.2, 0) is 0 Å². The van der Waals surface area contributed by atoms with E-state index in [1.165, 1.54) is 38.5 Å². The molecule has 24 heavy (non-hydrogen) atoms. The van der Waals surface area contributed by atoms with Gasteiger partial charge in [-0.2, -0.15) is 26.2 Å². The van der Waals surface area contributed by atoms with Crippen LogP contribution in [-0.4, -0.2) is 67.7 Å². The van der Waals surface area contributed by atoms with Crippen molar-refractivity contribution < 1.29 is 292 Å². The molecular weight excluding hydrogens is 802 g/mol. The number of hydrogen-bond acceptors (Lipinski definition) is 0. The van der Waals surface area contributed by atoms with Crippen LogP contribution < -0.4 is 291 Å². The Kier molecular flexibility index (Phi) is 142. The van der Waals surface area contributed by atoms with Crippen LogP contribution in [0.5, 0.6) is 0 Å². The molecule has 0 aromatic carbocycles. The zero-order valence-corrected chi connectivity index (χ0v) is 54.2. The van der Waals surface area contributed by atoms with E-state index < -0.39 is 0 Å². The van der Waals surface area contributed by atoms with Gasteiger partial charge in [0.25, 0.3) is 0 Å². The fraction of sp³-hybridized carbons (Fsp3) is 0.765. The van der Waals surface area contributed by atoms with Gasteiger partial charge in [0.15, 0.2) is 0 Å². The molecule has 110 valence electrons. The fourth-order valence-corrected chi connectivity index (χ4v) is 1.42. The van der Waals surface area contributed by atoms with Crippen molar-refractivity contribution in [3.05, 3.63) is 25.7 Å². The molecule has 0 bridgehead atoms. The van der Waals surface area contributed by atoms with E-state index in [1.807, 2.05) is 0 Å². The van der Waals surface area contributed by atoms with Gasteiger partial charge in [0, 0.05) is 0 Å². The molecule has 0 aliphatic heterocycles. The van der Waals surface area contributed by atoms with E-state index >= 15 is 0 Å². The number of unbranched alkanes of at least 4 members (excludes halogenated alkanes) is 8. The molecule has 0 aliphatic carbocycles. The molecule has 0 saturated carbocycles. The molecule has 0 atom stereocenters. The second-order valence-electron chi connectivity index (χ2n) is 4.89. The first-order valence-electron chi connectivity index (χ1n) is 8.41. The minimum absolute atomic E-state index is 0. The van der Waals surface area contributed by atoms with Gasteiger partial charge in [-0.25, -0.2) is 0 Å². The molecule has 0 unspecified atom stereocenters. The molecule has 0 aliphatic rings. The molecular formula is C17H35Rb7. The van der Waals surface area contributed by atoms with Crippen LogP contribution in [0.15, 0.2) is 0 Å². The van der Waals surface area contributed by atoms with Crippen molar-refractivity contribution in [2.45, 2.75) is 79.6 Å². The van der Waals surface area contributed by atoms with Crippen molar-refractivity contribution in [3.63, 3.8) is 0 Å². The minimum atomic E-state index is 0. The Morgan fingerprint density at radius 1 is 0.792 bits per heavy atom. The van der Waals surface area contributed by atoms with Crippen molar-refractivity contribution in [1.82, 2.24) is 0 Å². The first kappa shape index (κ1) is 56.7. The van der Waals surface area contributed by atoms with Gasteiger partial charge >= 0.3 is 359 Å². The predicted octanol–water partition coefficient (Wildman–Crippen LogP) is -9.39. The zero-order chi connectivity index (χ0) is 15.4. The monoisotopic (exact) mass is 834 g/mol. The summed E-state index contributed by atoms with van der Waals surface area (Å²) in [5.74, 6) is 0.884. The third-order valence-corrected chi connectivity index (χ3v) is 2.50. The second kappa shape index (κ2) is 60.3. The molecule has 0 spiro atoms. The summed E-state index contributed by atoms with van der Waals surface area (Å²) in [5.41, 5.74) is 0. The van der Waals surface area contributed by atoms with Gasteiger partial charge in [0.2, 0.25) is 0 Å². The fourth-order valence-electron chi connectivity index (χ4n) is 1.42. The quantitative estimate of drug-likeness (QED) is 0.152. The summed E-state index contributed by atoms with van der Waals surface area (Å²) >= 11 is 2.32. The van der Waals surface area contributed by atoms with E-state index in [2.05, 4.69) is 60.3 Å². The van der Waals surface area contributed by atoms with Crippen LogP contribution in [0.2, 0.25) is 0 Å². The van der Waals surface area contributed by atoms with Crippen molar-refractivity contribution in [2.75, 3.05) is 0 Å². The Balaban J connectivity index is -0.0000000218. The molecule has 0 N–H and O–H groups in total. The van der Waals surface area contributed by atoms with Crippen molar-refractivity contribution >= 4 is 67.7 Å². The molecule has 0 aromatic heterocycles. The Morgan fingerprint density at radius 3 is 1.58 bits per heavy atom. The van der Waals surface area contributed by atoms with E-state index in [0.717, 1.165) is 80.1 Å². The molecule has 7 heteroatoms. The molecule has 0 fully saturated rings. The Morgan fingerprint density at radius 2 is 1.25 bits per heavy atom. The van der Waals surface area contributed by atoms with Crippen LogP contribution >= 0.6 is 0 Å². The number of rotatable bonds is 10. The van der Waals surface area contributed by atoms with E-state index in [0.29, 0.717) is 0 Å². The summed E-state index contributed by atoms with van der Waals surface area (Å²) in [6, 6.07) is 0. The predicted molar refractivity (Wildman–Crippen MR) is 94.0 cm³/mol. The summed E-state index contributed by atoms with van der Waals surface area (Å²) in [6.45, 7) is 11.0. The zero-order valence-electron chi connectivity index (χ0n) is 20.8. The third-order valence-electron chi connectivity index (χ3n) is 2.50.